The fourth-order valence-corrected chi connectivity index (χ4v) is 3.05. The number of hydrogen-bond donors (Lipinski definition) is 0. The fourth-order valence-electron chi connectivity index (χ4n) is 2.33. The van der Waals surface area contributed by atoms with E-state index in [9.17, 15) is 9.18 Å². The van der Waals surface area contributed by atoms with Gasteiger partial charge in [-0.15, -0.1) is 0 Å². The molecule has 3 nitrogen and oxygen atoms in total. The molecular formula is C15H15FINO2. The second-order valence-corrected chi connectivity index (χ2v) is 6.16. The third-order valence-electron chi connectivity index (χ3n) is 3.61. The van der Waals surface area contributed by atoms with Crippen LogP contribution in [0, 0.1) is 15.3 Å². The van der Waals surface area contributed by atoms with Crippen molar-refractivity contribution in [2.24, 2.45) is 5.92 Å². The van der Waals surface area contributed by atoms with Crippen LogP contribution in [0.25, 0.3) is 10.9 Å². The highest BCUT2D eigenvalue weighted by molar-refractivity contribution is 14.1. The summed E-state index contributed by atoms with van der Waals surface area (Å²) in [7, 11) is 0. The van der Waals surface area contributed by atoms with Crippen molar-refractivity contribution in [1.29, 1.82) is 0 Å². The number of aryl methyl sites for hydroxylation is 1. The van der Waals surface area contributed by atoms with Gasteiger partial charge in [0.1, 0.15) is 9.39 Å². The molecule has 20 heavy (non-hydrogen) atoms. The van der Waals surface area contributed by atoms with Crippen LogP contribution < -0.4 is 10.2 Å². The minimum atomic E-state index is -0.471. The molecule has 0 spiro atoms. The van der Waals surface area contributed by atoms with Crippen molar-refractivity contribution in [2.75, 3.05) is 6.61 Å². The quantitative estimate of drug-likeness (QED) is 0.752. The lowest BCUT2D eigenvalue weighted by Crippen LogP contribution is -2.18. The first-order chi connectivity index (χ1) is 9.63. The molecule has 1 aliphatic carbocycles. The second-order valence-electron chi connectivity index (χ2n) is 5.08. The molecule has 0 bridgehead atoms. The number of hydrogen-bond acceptors (Lipinski definition) is 2. The van der Waals surface area contributed by atoms with Crippen molar-refractivity contribution in [1.82, 2.24) is 4.57 Å². The first-order valence-corrected chi connectivity index (χ1v) is 7.84. The molecule has 1 heterocycles. The topological polar surface area (TPSA) is 31.2 Å². The van der Waals surface area contributed by atoms with E-state index in [0.29, 0.717) is 34.0 Å². The molecule has 0 N–H and O–H groups in total. The fraction of sp³-hybridized carbons (Fsp3) is 0.400. The molecule has 0 saturated heterocycles. The molecule has 1 aromatic heterocycles. The van der Waals surface area contributed by atoms with E-state index in [1.165, 1.54) is 18.9 Å². The smallest absolute Gasteiger partial charge is 0.211 e. The van der Waals surface area contributed by atoms with Crippen LogP contribution in [0.1, 0.15) is 19.8 Å². The normalized spacial score (nSPS) is 14.8. The van der Waals surface area contributed by atoms with Gasteiger partial charge in [-0.2, -0.15) is 0 Å². The number of nitrogens with zero attached hydrogens (tertiary/aromatic N) is 1. The lowest BCUT2D eigenvalue weighted by atomic mass is 10.2. The Kier molecular flexibility index (Phi) is 3.70. The van der Waals surface area contributed by atoms with Gasteiger partial charge < -0.3 is 9.30 Å². The van der Waals surface area contributed by atoms with Gasteiger partial charge in [0.15, 0.2) is 0 Å². The number of halogens is 2. The zero-order valence-corrected chi connectivity index (χ0v) is 13.3. The molecule has 1 aliphatic rings. The average molecular weight is 387 g/mol. The predicted molar refractivity (Wildman–Crippen MR) is 84.8 cm³/mol. The van der Waals surface area contributed by atoms with E-state index in [2.05, 4.69) is 0 Å². The Morgan fingerprint density at radius 1 is 1.45 bits per heavy atom. The van der Waals surface area contributed by atoms with Gasteiger partial charge in [-0.1, -0.05) is 6.07 Å². The van der Waals surface area contributed by atoms with Gasteiger partial charge in [0.2, 0.25) is 11.3 Å². The SMILES string of the molecule is CCn1c(OCC2CC2)c(I)c(=O)c2c(F)cccc21. The molecule has 3 rings (SSSR count). The Hall–Kier alpha value is -1.11. The van der Waals surface area contributed by atoms with E-state index < -0.39 is 5.82 Å². The van der Waals surface area contributed by atoms with Crippen molar-refractivity contribution < 1.29 is 9.13 Å². The summed E-state index contributed by atoms with van der Waals surface area (Å²) in [5, 5.41) is 0.150. The Bertz CT molecular complexity index is 722. The Morgan fingerprint density at radius 2 is 2.20 bits per heavy atom. The molecule has 1 saturated carbocycles. The molecule has 0 unspecified atom stereocenters. The summed E-state index contributed by atoms with van der Waals surface area (Å²) in [6, 6.07) is 4.72. The van der Waals surface area contributed by atoms with Crippen molar-refractivity contribution in [2.45, 2.75) is 26.3 Å². The third kappa shape index (κ3) is 2.32. The van der Waals surface area contributed by atoms with Crippen LogP contribution in [0.2, 0.25) is 0 Å². The summed E-state index contributed by atoms with van der Waals surface area (Å²) in [6.45, 7) is 3.24. The zero-order chi connectivity index (χ0) is 14.3. The first-order valence-electron chi connectivity index (χ1n) is 6.76. The van der Waals surface area contributed by atoms with Crippen LogP contribution in [0.5, 0.6) is 5.88 Å². The van der Waals surface area contributed by atoms with Gasteiger partial charge >= 0.3 is 0 Å². The molecule has 0 amide bonds. The van der Waals surface area contributed by atoms with E-state index in [1.807, 2.05) is 34.1 Å². The number of rotatable bonds is 4. The van der Waals surface area contributed by atoms with Crippen LogP contribution in [-0.4, -0.2) is 11.2 Å². The first kappa shape index (κ1) is 13.9. The van der Waals surface area contributed by atoms with Crippen LogP contribution in [0.4, 0.5) is 4.39 Å². The zero-order valence-electron chi connectivity index (χ0n) is 11.2. The molecule has 2 aromatic rings. The number of aromatic nitrogens is 1. The largest absolute Gasteiger partial charge is 0.478 e. The van der Waals surface area contributed by atoms with Gasteiger partial charge in [0.05, 0.1) is 17.5 Å². The molecule has 0 atom stereocenters. The monoisotopic (exact) mass is 387 g/mol. The second kappa shape index (κ2) is 5.35. The van der Waals surface area contributed by atoms with E-state index in [1.54, 1.807) is 12.1 Å². The lowest BCUT2D eigenvalue weighted by Gasteiger charge is -2.17. The maximum absolute atomic E-state index is 13.9. The van der Waals surface area contributed by atoms with Crippen molar-refractivity contribution in [3.05, 3.63) is 37.8 Å². The molecule has 1 fully saturated rings. The van der Waals surface area contributed by atoms with Crippen LogP contribution in [0.3, 0.4) is 0 Å². The van der Waals surface area contributed by atoms with Gasteiger partial charge in [0, 0.05) is 6.54 Å². The standard InChI is InChI=1S/C15H15FINO2/c1-2-18-11-5-3-4-10(16)12(11)14(19)13(17)15(18)20-8-9-6-7-9/h3-5,9H,2,6-8H2,1H3. The summed E-state index contributed by atoms with van der Waals surface area (Å²) in [4.78, 5) is 12.4. The molecule has 0 radical (unpaired) electrons. The number of pyridine rings is 1. The maximum Gasteiger partial charge on any atom is 0.211 e. The van der Waals surface area contributed by atoms with E-state index in [-0.39, 0.29) is 10.8 Å². The van der Waals surface area contributed by atoms with Crippen molar-refractivity contribution in [3.8, 4) is 5.88 Å². The summed E-state index contributed by atoms with van der Waals surface area (Å²) in [5.41, 5.74) is 0.318. The molecule has 1 aromatic carbocycles. The van der Waals surface area contributed by atoms with E-state index >= 15 is 0 Å². The Morgan fingerprint density at radius 3 is 2.85 bits per heavy atom. The lowest BCUT2D eigenvalue weighted by molar-refractivity contribution is 0.273. The summed E-state index contributed by atoms with van der Waals surface area (Å²) in [5.74, 6) is 0.707. The van der Waals surface area contributed by atoms with Crippen LogP contribution in [-0.2, 0) is 6.54 Å². The summed E-state index contributed by atoms with van der Waals surface area (Å²) >= 11 is 1.96. The minimum Gasteiger partial charge on any atom is -0.478 e. The highest BCUT2D eigenvalue weighted by atomic mass is 127. The highest BCUT2D eigenvalue weighted by Crippen LogP contribution is 2.31. The van der Waals surface area contributed by atoms with Gasteiger partial charge in [-0.05, 0) is 60.4 Å². The highest BCUT2D eigenvalue weighted by Gasteiger charge is 2.24. The van der Waals surface area contributed by atoms with E-state index in [4.69, 9.17) is 4.74 Å². The Balaban J connectivity index is 2.22. The van der Waals surface area contributed by atoms with E-state index in [0.717, 1.165) is 0 Å². The summed E-state index contributed by atoms with van der Waals surface area (Å²) < 4.78 is 22.1. The van der Waals surface area contributed by atoms with Crippen LogP contribution in [0.15, 0.2) is 23.0 Å². The predicted octanol–water partition coefficient (Wildman–Crippen LogP) is 3.55. The average Bonchev–Trinajstić information content (AvgIpc) is 3.25. The number of benzene rings is 1. The molecule has 0 aliphatic heterocycles. The minimum absolute atomic E-state index is 0.150. The molecule has 5 heteroatoms. The van der Waals surface area contributed by atoms with Crippen molar-refractivity contribution in [3.63, 3.8) is 0 Å². The van der Waals surface area contributed by atoms with Gasteiger partial charge in [-0.25, -0.2) is 4.39 Å². The van der Waals surface area contributed by atoms with Gasteiger partial charge in [0.25, 0.3) is 0 Å². The number of ether oxygens (including phenoxy) is 1. The van der Waals surface area contributed by atoms with Crippen LogP contribution >= 0.6 is 22.6 Å². The van der Waals surface area contributed by atoms with Gasteiger partial charge in [-0.3, -0.25) is 4.79 Å². The third-order valence-corrected chi connectivity index (χ3v) is 4.56. The maximum atomic E-state index is 13.9. The summed E-state index contributed by atoms with van der Waals surface area (Å²) in [6.07, 6.45) is 2.38. The molecular weight excluding hydrogens is 372 g/mol. The Labute approximate surface area is 129 Å². The molecule has 106 valence electrons. The number of fused-ring (bicyclic) bond motifs is 1. The van der Waals surface area contributed by atoms with Crippen molar-refractivity contribution >= 4 is 33.5 Å².